The molecule has 3 nitrogen and oxygen atoms in total. The number of hydrogen-bond acceptors (Lipinski definition) is 3. The van der Waals surface area contributed by atoms with Gasteiger partial charge >= 0.3 is 0 Å². The Labute approximate surface area is 158 Å². The molecule has 0 aliphatic carbocycles. The van der Waals surface area contributed by atoms with Crippen molar-refractivity contribution in [1.29, 1.82) is 0 Å². The molecular formula is C22H19ClO3. The highest BCUT2D eigenvalue weighted by molar-refractivity contribution is 6.30. The van der Waals surface area contributed by atoms with Crippen LogP contribution in [-0.4, -0.2) is 19.0 Å². The van der Waals surface area contributed by atoms with Crippen molar-refractivity contribution in [3.8, 4) is 5.75 Å². The SMILES string of the molecule is O=C(c1ccc(Cl)cc1)c1ccc(OCCOCc2ccccc2)cc1. The third-order valence-corrected chi connectivity index (χ3v) is 4.08. The first kappa shape index (κ1) is 18.2. The lowest BCUT2D eigenvalue weighted by Crippen LogP contribution is -2.07. The number of carbonyl (C=O) groups excluding carboxylic acids is 1. The Kier molecular flexibility index (Phi) is 6.42. The number of ether oxygens (including phenoxy) is 2. The molecule has 3 rings (SSSR count). The molecule has 0 aliphatic rings. The molecule has 0 N–H and O–H groups in total. The first-order valence-electron chi connectivity index (χ1n) is 8.37. The summed E-state index contributed by atoms with van der Waals surface area (Å²) >= 11 is 5.85. The molecule has 3 aromatic rings. The van der Waals surface area contributed by atoms with Crippen molar-refractivity contribution in [1.82, 2.24) is 0 Å². The fourth-order valence-corrected chi connectivity index (χ4v) is 2.58. The van der Waals surface area contributed by atoms with Crippen molar-refractivity contribution in [2.75, 3.05) is 13.2 Å². The van der Waals surface area contributed by atoms with E-state index in [9.17, 15) is 4.79 Å². The van der Waals surface area contributed by atoms with Gasteiger partial charge in [0, 0.05) is 16.1 Å². The van der Waals surface area contributed by atoms with E-state index in [1.165, 1.54) is 0 Å². The van der Waals surface area contributed by atoms with Gasteiger partial charge in [0.2, 0.25) is 0 Å². The van der Waals surface area contributed by atoms with Crippen LogP contribution in [0.3, 0.4) is 0 Å². The zero-order valence-electron chi connectivity index (χ0n) is 14.2. The number of ketones is 1. The van der Waals surface area contributed by atoms with Crippen molar-refractivity contribution >= 4 is 17.4 Å². The highest BCUT2D eigenvalue weighted by Gasteiger charge is 2.09. The van der Waals surface area contributed by atoms with E-state index in [2.05, 4.69) is 0 Å². The van der Waals surface area contributed by atoms with Gasteiger partial charge in [0.15, 0.2) is 5.78 Å². The third kappa shape index (κ3) is 5.19. The molecular weight excluding hydrogens is 348 g/mol. The van der Waals surface area contributed by atoms with Gasteiger partial charge in [0.05, 0.1) is 13.2 Å². The molecule has 0 spiro atoms. The Morgan fingerprint density at radius 1 is 0.769 bits per heavy atom. The molecule has 0 amide bonds. The Hall–Kier alpha value is -2.62. The summed E-state index contributed by atoms with van der Waals surface area (Å²) in [7, 11) is 0. The van der Waals surface area contributed by atoms with Gasteiger partial charge in [-0.2, -0.15) is 0 Å². The summed E-state index contributed by atoms with van der Waals surface area (Å²) in [6.45, 7) is 1.52. The van der Waals surface area contributed by atoms with Gasteiger partial charge in [-0.1, -0.05) is 41.9 Å². The van der Waals surface area contributed by atoms with Crippen LogP contribution in [0.25, 0.3) is 0 Å². The molecule has 0 fully saturated rings. The maximum atomic E-state index is 12.4. The largest absolute Gasteiger partial charge is 0.491 e. The van der Waals surface area contributed by atoms with Crippen molar-refractivity contribution < 1.29 is 14.3 Å². The van der Waals surface area contributed by atoms with Crippen molar-refractivity contribution in [3.63, 3.8) is 0 Å². The predicted molar refractivity (Wildman–Crippen MR) is 103 cm³/mol. The maximum absolute atomic E-state index is 12.4. The van der Waals surface area contributed by atoms with Crippen LogP contribution in [0.5, 0.6) is 5.75 Å². The van der Waals surface area contributed by atoms with E-state index < -0.39 is 0 Å². The minimum Gasteiger partial charge on any atom is -0.491 e. The quantitative estimate of drug-likeness (QED) is 0.407. The van der Waals surface area contributed by atoms with Crippen LogP contribution >= 0.6 is 11.6 Å². The molecule has 0 aliphatic heterocycles. The number of benzene rings is 3. The minimum absolute atomic E-state index is 0.0422. The molecule has 4 heteroatoms. The summed E-state index contributed by atoms with van der Waals surface area (Å²) in [5.74, 6) is 0.667. The van der Waals surface area contributed by atoms with Gasteiger partial charge in [0.1, 0.15) is 12.4 Å². The summed E-state index contributed by atoms with van der Waals surface area (Å²) < 4.78 is 11.2. The number of halogens is 1. The van der Waals surface area contributed by atoms with Crippen LogP contribution in [0, 0.1) is 0 Å². The van der Waals surface area contributed by atoms with Crippen LogP contribution in [0.4, 0.5) is 0 Å². The Morgan fingerprint density at radius 3 is 2.04 bits per heavy atom. The van der Waals surface area contributed by atoms with E-state index in [1.54, 1.807) is 48.5 Å². The second kappa shape index (κ2) is 9.18. The van der Waals surface area contributed by atoms with E-state index >= 15 is 0 Å². The van der Waals surface area contributed by atoms with E-state index in [1.807, 2.05) is 30.3 Å². The summed E-state index contributed by atoms with van der Waals surface area (Å²) in [6, 6.07) is 24.0. The summed E-state index contributed by atoms with van der Waals surface area (Å²) in [4.78, 5) is 12.4. The zero-order chi connectivity index (χ0) is 18.2. The average molecular weight is 367 g/mol. The molecule has 26 heavy (non-hydrogen) atoms. The predicted octanol–water partition coefficient (Wildman–Crippen LogP) is 5.17. The van der Waals surface area contributed by atoms with Gasteiger partial charge in [-0.3, -0.25) is 4.79 Å². The lowest BCUT2D eigenvalue weighted by molar-refractivity contribution is 0.0889. The molecule has 0 radical (unpaired) electrons. The Balaban J connectivity index is 1.45. The van der Waals surface area contributed by atoms with Gasteiger partial charge in [-0.05, 0) is 54.1 Å². The minimum atomic E-state index is -0.0422. The highest BCUT2D eigenvalue weighted by Crippen LogP contribution is 2.17. The topological polar surface area (TPSA) is 35.5 Å². The van der Waals surface area contributed by atoms with Gasteiger partial charge in [-0.15, -0.1) is 0 Å². The van der Waals surface area contributed by atoms with Gasteiger partial charge in [0.25, 0.3) is 0 Å². The first-order chi connectivity index (χ1) is 12.7. The second-order valence-electron chi connectivity index (χ2n) is 5.75. The summed E-state index contributed by atoms with van der Waals surface area (Å²) in [5.41, 5.74) is 2.36. The van der Waals surface area contributed by atoms with Gasteiger partial charge in [-0.25, -0.2) is 0 Å². The van der Waals surface area contributed by atoms with Crippen molar-refractivity contribution in [3.05, 3.63) is 101 Å². The zero-order valence-corrected chi connectivity index (χ0v) is 15.0. The normalized spacial score (nSPS) is 10.5. The molecule has 0 heterocycles. The number of rotatable bonds is 8. The number of hydrogen-bond donors (Lipinski definition) is 0. The monoisotopic (exact) mass is 366 g/mol. The van der Waals surface area contributed by atoms with E-state index in [0.717, 1.165) is 5.56 Å². The summed E-state index contributed by atoms with van der Waals surface area (Å²) in [5, 5.41) is 0.611. The average Bonchev–Trinajstić information content (AvgIpc) is 2.69. The van der Waals surface area contributed by atoms with Crippen LogP contribution < -0.4 is 4.74 Å². The third-order valence-electron chi connectivity index (χ3n) is 3.83. The molecule has 132 valence electrons. The summed E-state index contributed by atoms with van der Waals surface area (Å²) in [6.07, 6.45) is 0. The van der Waals surface area contributed by atoms with Crippen LogP contribution in [0.15, 0.2) is 78.9 Å². The van der Waals surface area contributed by atoms with Crippen LogP contribution in [-0.2, 0) is 11.3 Å². The lowest BCUT2D eigenvalue weighted by atomic mass is 10.0. The lowest BCUT2D eigenvalue weighted by Gasteiger charge is -2.08. The smallest absolute Gasteiger partial charge is 0.193 e. The fourth-order valence-electron chi connectivity index (χ4n) is 2.45. The second-order valence-corrected chi connectivity index (χ2v) is 6.18. The molecule has 0 aromatic heterocycles. The van der Waals surface area contributed by atoms with Gasteiger partial charge < -0.3 is 9.47 Å². The Morgan fingerprint density at radius 2 is 1.38 bits per heavy atom. The van der Waals surface area contributed by atoms with E-state index in [0.29, 0.717) is 41.7 Å². The van der Waals surface area contributed by atoms with Crippen molar-refractivity contribution in [2.45, 2.75) is 6.61 Å². The molecule has 0 atom stereocenters. The molecule has 0 saturated carbocycles. The van der Waals surface area contributed by atoms with E-state index in [4.69, 9.17) is 21.1 Å². The number of carbonyl (C=O) groups is 1. The van der Waals surface area contributed by atoms with Crippen LogP contribution in [0.1, 0.15) is 21.5 Å². The first-order valence-corrected chi connectivity index (χ1v) is 8.75. The molecule has 0 bridgehead atoms. The van der Waals surface area contributed by atoms with Crippen molar-refractivity contribution in [2.24, 2.45) is 0 Å². The fraction of sp³-hybridized carbons (Fsp3) is 0.136. The Bertz CT molecular complexity index is 828. The molecule has 0 unspecified atom stereocenters. The highest BCUT2D eigenvalue weighted by atomic mass is 35.5. The molecule has 0 saturated heterocycles. The maximum Gasteiger partial charge on any atom is 0.193 e. The van der Waals surface area contributed by atoms with E-state index in [-0.39, 0.29) is 5.78 Å². The standard InChI is InChI=1S/C22H19ClO3/c23-20-10-6-18(7-11-20)22(24)19-8-12-21(13-9-19)26-15-14-25-16-17-4-2-1-3-5-17/h1-13H,14-16H2. The van der Waals surface area contributed by atoms with Crippen LogP contribution in [0.2, 0.25) is 5.02 Å². The molecule has 3 aromatic carbocycles.